The van der Waals surface area contributed by atoms with Crippen molar-refractivity contribution >= 4 is 11.6 Å². The topological polar surface area (TPSA) is 58.4 Å². The standard InChI is InChI=1S/C15H23N3O/c1-2-9-17-15(19)13-5-3-4-6-14(13)18-10-7-12(16)8-11-18/h3-6,12H,2,7-11,16H2,1H3,(H,17,19). The molecule has 1 aromatic carbocycles. The van der Waals surface area contributed by atoms with Gasteiger partial charge in [0.15, 0.2) is 0 Å². The summed E-state index contributed by atoms with van der Waals surface area (Å²) < 4.78 is 0. The molecule has 1 aliphatic heterocycles. The molecule has 2 rings (SSSR count). The third kappa shape index (κ3) is 3.47. The van der Waals surface area contributed by atoms with Crippen LogP contribution in [0.3, 0.4) is 0 Å². The number of benzene rings is 1. The van der Waals surface area contributed by atoms with E-state index in [0.29, 0.717) is 6.04 Å². The molecule has 1 saturated heterocycles. The van der Waals surface area contributed by atoms with Crippen molar-refractivity contribution in [2.75, 3.05) is 24.5 Å². The molecule has 19 heavy (non-hydrogen) atoms. The molecule has 3 N–H and O–H groups in total. The van der Waals surface area contributed by atoms with E-state index in [0.717, 1.165) is 50.1 Å². The van der Waals surface area contributed by atoms with Gasteiger partial charge in [0.25, 0.3) is 5.91 Å². The van der Waals surface area contributed by atoms with Crippen LogP contribution < -0.4 is 16.0 Å². The predicted octanol–water partition coefficient (Wildman–Crippen LogP) is 1.75. The first-order valence-corrected chi connectivity index (χ1v) is 7.10. The molecule has 1 amide bonds. The number of anilines is 1. The summed E-state index contributed by atoms with van der Waals surface area (Å²) in [6.45, 7) is 4.63. The lowest BCUT2D eigenvalue weighted by Gasteiger charge is -2.33. The number of nitrogens with zero attached hydrogens (tertiary/aromatic N) is 1. The first kappa shape index (κ1) is 13.9. The molecule has 0 aliphatic carbocycles. The zero-order valence-corrected chi connectivity index (χ0v) is 11.6. The zero-order chi connectivity index (χ0) is 13.7. The van der Waals surface area contributed by atoms with Gasteiger partial charge in [-0.15, -0.1) is 0 Å². The summed E-state index contributed by atoms with van der Waals surface area (Å²) in [4.78, 5) is 14.4. The van der Waals surface area contributed by atoms with Crippen LogP contribution in [0.15, 0.2) is 24.3 Å². The number of amides is 1. The van der Waals surface area contributed by atoms with Crippen molar-refractivity contribution in [3.8, 4) is 0 Å². The minimum atomic E-state index is 0.0207. The minimum absolute atomic E-state index is 0.0207. The number of carbonyl (C=O) groups is 1. The molecule has 4 heteroatoms. The lowest BCUT2D eigenvalue weighted by Crippen LogP contribution is -2.40. The molecule has 0 atom stereocenters. The van der Waals surface area contributed by atoms with E-state index >= 15 is 0 Å². The van der Waals surface area contributed by atoms with Crippen molar-refractivity contribution in [1.29, 1.82) is 0 Å². The van der Waals surface area contributed by atoms with Gasteiger partial charge in [-0.05, 0) is 31.4 Å². The van der Waals surface area contributed by atoms with E-state index in [1.165, 1.54) is 0 Å². The molecule has 1 aliphatic rings. The second-order valence-electron chi connectivity index (χ2n) is 5.10. The van der Waals surface area contributed by atoms with E-state index in [-0.39, 0.29) is 5.91 Å². The predicted molar refractivity (Wildman–Crippen MR) is 78.5 cm³/mol. The van der Waals surface area contributed by atoms with Crippen molar-refractivity contribution in [1.82, 2.24) is 5.32 Å². The molecule has 104 valence electrons. The zero-order valence-electron chi connectivity index (χ0n) is 11.6. The molecule has 1 heterocycles. The number of piperidine rings is 1. The van der Waals surface area contributed by atoms with Crippen LogP contribution in [0, 0.1) is 0 Å². The molecule has 0 spiro atoms. The SMILES string of the molecule is CCCNC(=O)c1ccccc1N1CCC(N)CC1. The number of carbonyl (C=O) groups excluding carboxylic acids is 1. The highest BCUT2D eigenvalue weighted by molar-refractivity contribution is 5.99. The minimum Gasteiger partial charge on any atom is -0.371 e. The molecule has 1 fully saturated rings. The Labute approximate surface area is 115 Å². The quantitative estimate of drug-likeness (QED) is 0.868. The fraction of sp³-hybridized carbons (Fsp3) is 0.533. The average molecular weight is 261 g/mol. The molecule has 0 bridgehead atoms. The van der Waals surface area contributed by atoms with E-state index in [4.69, 9.17) is 5.73 Å². The summed E-state index contributed by atoms with van der Waals surface area (Å²) in [5, 5.41) is 2.95. The van der Waals surface area contributed by atoms with Crippen LogP contribution in [0.2, 0.25) is 0 Å². The summed E-state index contributed by atoms with van der Waals surface area (Å²) in [5.41, 5.74) is 7.73. The molecule has 0 unspecified atom stereocenters. The Morgan fingerprint density at radius 1 is 1.37 bits per heavy atom. The molecular weight excluding hydrogens is 238 g/mol. The first-order valence-electron chi connectivity index (χ1n) is 7.10. The van der Waals surface area contributed by atoms with Gasteiger partial charge in [-0.2, -0.15) is 0 Å². The normalized spacial score (nSPS) is 16.4. The van der Waals surface area contributed by atoms with Crippen molar-refractivity contribution < 1.29 is 4.79 Å². The Morgan fingerprint density at radius 3 is 2.74 bits per heavy atom. The summed E-state index contributed by atoms with van der Waals surface area (Å²) in [6, 6.07) is 8.13. The number of rotatable bonds is 4. The van der Waals surface area contributed by atoms with Gasteiger partial charge in [-0.3, -0.25) is 4.79 Å². The van der Waals surface area contributed by atoms with Crippen LogP contribution in [0.1, 0.15) is 36.5 Å². The van der Waals surface area contributed by atoms with Gasteiger partial charge < -0.3 is 16.0 Å². The van der Waals surface area contributed by atoms with E-state index in [1.807, 2.05) is 24.3 Å². The Kier molecular flexibility index (Phi) is 4.80. The first-order chi connectivity index (χ1) is 9.22. The maximum atomic E-state index is 12.2. The summed E-state index contributed by atoms with van der Waals surface area (Å²) >= 11 is 0. The van der Waals surface area contributed by atoms with Crippen LogP contribution in [0.25, 0.3) is 0 Å². The second kappa shape index (κ2) is 6.57. The van der Waals surface area contributed by atoms with Gasteiger partial charge in [0, 0.05) is 31.4 Å². The van der Waals surface area contributed by atoms with E-state index in [9.17, 15) is 4.79 Å². The number of hydrogen-bond acceptors (Lipinski definition) is 3. The van der Waals surface area contributed by atoms with Gasteiger partial charge >= 0.3 is 0 Å². The highest BCUT2D eigenvalue weighted by atomic mass is 16.1. The Morgan fingerprint density at radius 2 is 2.05 bits per heavy atom. The lowest BCUT2D eigenvalue weighted by atomic mass is 10.0. The third-order valence-corrected chi connectivity index (χ3v) is 3.56. The molecule has 0 radical (unpaired) electrons. The monoisotopic (exact) mass is 261 g/mol. The highest BCUT2D eigenvalue weighted by Crippen LogP contribution is 2.23. The van der Waals surface area contributed by atoms with Crippen LogP contribution in [0.5, 0.6) is 0 Å². The lowest BCUT2D eigenvalue weighted by molar-refractivity contribution is 0.0954. The van der Waals surface area contributed by atoms with Crippen LogP contribution in [0.4, 0.5) is 5.69 Å². The van der Waals surface area contributed by atoms with Crippen molar-refractivity contribution in [3.05, 3.63) is 29.8 Å². The Bertz CT molecular complexity index is 425. The smallest absolute Gasteiger partial charge is 0.253 e. The summed E-state index contributed by atoms with van der Waals surface area (Å²) in [7, 11) is 0. The fourth-order valence-corrected chi connectivity index (χ4v) is 2.42. The van der Waals surface area contributed by atoms with Crippen molar-refractivity contribution in [2.24, 2.45) is 5.73 Å². The molecule has 0 aromatic heterocycles. The Hall–Kier alpha value is -1.55. The molecule has 1 aromatic rings. The van der Waals surface area contributed by atoms with Crippen molar-refractivity contribution in [2.45, 2.75) is 32.2 Å². The van der Waals surface area contributed by atoms with Gasteiger partial charge in [0.1, 0.15) is 0 Å². The van der Waals surface area contributed by atoms with Crippen molar-refractivity contribution in [3.63, 3.8) is 0 Å². The third-order valence-electron chi connectivity index (χ3n) is 3.56. The average Bonchev–Trinajstić information content (AvgIpc) is 2.45. The second-order valence-corrected chi connectivity index (χ2v) is 5.10. The van der Waals surface area contributed by atoms with Crippen LogP contribution in [-0.2, 0) is 0 Å². The van der Waals surface area contributed by atoms with Gasteiger partial charge in [0.05, 0.1) is 5.56 Å². The van der Waals surface area contributed by atoms with Crippen LogP contribution in [-0.4, -0.2) is 31.6 Å². The molecule has 4 nitrogen and oxygen atoms in total. The summed E-state index contributed by atoms with van der Waals surface area (Å²) in [5.74, 6) is 0.0207. The van der Waals surface area contributed by atoms with E-state index in [1.54, 1.807) is 0 Å². The van der Waals surface area contributed by atoms with E-state index < -0.39 is 0 Å². The molecule has 0 saturated carbocycles. The van der Waals surface area contributed by atoms with Gasteiger partial charge in [-0.1, -0.05) is 19.1 Å². The Balaban J connectivity index is 2.14. The van der Waals surface area contributed by atoms with Gasteiger partial charge in [0.2, 0.25) is 0 Å². The molecular formula is C15H23N3O. The van der Waals surface area contributed by atoms with Gasteiger partial charge in [-0.25, -0.2) is 0 Å². The maximum Gasteiger partial charge on any atom is 0.253 e. The van der Waals surface area contributed by atoms with E-state index in [2.05, 4.69) is 17.1 Å². The number of hydrogen-bond donors (Lipinski definition) is 2. The maximum absolute atomic E-state index is 12.2. The van der Waals surface area contributed by atoms with Crippen LogP contribution >= 0.6 is 0 Å². The highest BCUT2D eigenvalue weighted by Gasteiger charge is 2.20. The fourth-order valence-electron chi connectivity index (χ4n) is 2.42. The number of nitrogens with two attached hydrogens (primary N) is 1. The summed E-state index contributed by atoms with van der Waals surface area (Å²) in [6.07, 6.45) is 2.93. The largest absolute Gasteiger partial charge is 0.371 e. The number of para-hydroxylation sites is 1. The number of nitrogens with one attached hydrogen (secondary N) is 1.